The number of piperidine rings is 1. The third kappa shape index (κ3) is 3.33. The lowest BCUT2D eigenvalue weighted by Gasteiger charge is -2.35. The molecule has 2 fully saturated rings. The van der Waals surface area contributed by atoms with Crippen LogP contribution in [0.2, 0.25) is 0 Å². The van der Waals surface area contributed by atoms with Crippen molar-refractivity contribution >= 4 is 12.4 Å². The predicted octanol–water partition coefficient (Wildman–Crippen LogP) is 3.27. The van der Waals surface area contributed by atoms with Crippen molar-refractivity contribution in [3.8, 4) is 0 Å². The van der Waals surface area contributed by atoms with Gasteiger partial charge in [-0.3, -0.25) is 4.90 Å². The molecular formula is C16H24ClFN2. The van der Waals surface area contributed by atoms with E-state index in [1.54, 1.807) is 6.07 Å². The summed E-state index contributed by atoms with van der Waals surface area (Å²) >= 11 is 0. The predicted molar refractivity (Wildman–Crippen MR) is 82.8 cm³/mol. The van der Waals surface area contributed by atoms with E-state index in [1.165, 1.54) is 25.7 Å². The van der Waals surface area contributed by atoms with E-state index in [9.17, 15) is 4.39 Å². The van der Waals surface area contributed by atoms with Gasteiger partial charge >= 0.3 is 0 Å². The standard InChI is InChI=1S/C16H23FN2.ClH/c1-11-3-6-16(17)12(7-11)10-19(2)15-8-13-4-5-14(9-15)18-13;/h3,6-7,13-15,18H,4-5,8-10H2,1-2H3;1H. The van der Waals surface area contributed by atoms with Crippen molar-refractivity contribution in [2.24, 2.45) is 0 Å². The highest BCUT2D eigenvalue weighted by atomic mass is 35.5. The summed E-state index contributed by atoms with van der Waals surface area (Å²) in [7, 11) is 2.14. The number of rotatable bonds is 3. The van der Waals surface area contributed by atoms with Crippen LogP contribution in [-0.4, -0.2) is 30.1 Å². The Morgan fingerprint density at radius 1 is 1.25 bits per heavy atom. The number of benzene rings is 1. The van der Waals surface area contributed by atoms with Gasteiger partial charge in [0.2, 0.25) is 0 Å². The number of aryl methyl sites for hydroxylation is 1. The Bertz CT molecular complexity index is 454. The van der Waals surface area contributed by atoms with Crippen molar-refractivity contribution < 1.29 is 4.39 Å². The lowest BCUT2D eigenvalue weighted by Crippen LogP contribution is -2.46. The van der Waals surface area contributed by atoms with Crippen molar-refractivity contribution in [1.29, 1.82) is 0 Å². The Hall–Kier alpha value is -0.640. The molecule has 112 valence electrons. The Balaban J connectivity index is 0.00000147. The molecule has 1 N–H and O–H groups in total. The molecule has 4 heteroatoms. The molecule has 2 aliphatic heterocycles. The molecule has 1 aromatic carbocycles. The Kier molecular flexibility index (Phi) is 5.05. The molecule has 0 aromatic heterocycles. The van der Waals surface area contributed by atoms with Crippen LogP contribution in [-0.2, 0) is 6.54 Å². The molecule has 0 amide bonds. The Labute approximate surface area is 127 Å². The highest BCUT2D eigenvalue weighted by Gasteiger charge is 2.35. The summed E-state index contributed by atoms with van der Waals surface area (Å²) in [5.41, 5.74) is 1.96. The summed E-state index contributed by atoms with van der Waals surface area (Å²) in [6, 6.07) is 7.37. The monoisotopic (exact) mass is 298 g/mol. The minimum Gasteiger partial charge on any atom is -0.311 e. The third-order valence-electron chi connectivity index (χ3n) is 4.69. The van der Waals surface area contributed by atoms with Crippen molar-refractivity contribution in [2.75, 3.05) is 7.05 Å². The van der Waals surface area contributed by atoms with Crippen molar-refractivity contribution in [3.05, 3.63) is 35.1 Å². The van der Waals surface area contributed by atoms with Gasteiger partial charge in [0.15, 0.2) is 0 Å². The second-order valence-corrected chi connectivity index (χ2v) is 6.27. The quantitative estimate of drug-likeness (QED) is 0.921. The molecule has 0 spiro atoms. The number of hydrogen-bond donors (Lipinski definition) is 1. The summed E-state index contributed by atoms with van der Waals surface area (Å²) in [6.45, 7) is 2.74. The zero-order chi connectivity index (χ0) is 13.4. The van der Waals surface area contributed by atoms with Crippen LogP contribution < -0.4 is 5.32 Å². The van der Waals surface area contributed by atoms with Gasteiger partial charge in [-0.15, -0.1) is 12.4 Å². The molecule has 3 rings (SSSR count). The number of fused-ring (bicyclic) bond motifs is 2. The number of halogens is 2. The first kappa shape index (κ1) is 15.7. The minimum atomic E-state index is -0.0747. The van der Waals surface area contributed by atoms with Crippen molar-refractivity contribution in [1.82, 2.24) is 10.2 Å². The summed E-state index contributed by atoms with van der Waals surface area (Å²) in [5.74, 6) is -0.0747. The maximum atomic E-state index is 13.8. The van der Waals surface area contributed by atoms with Gasteiger partial charge in [0, 0.05) is 30.2 Å². The Morgan fingerprint density at radius 2 is 1.90 bits per heavy atom. The molecule has 2 saturated heterocycles. The molecular weight excluding hydrogens is 275 g/mol. The molecule has 0 aliphatic carbocycles. The molecule has 2 atom stereocenters. The summed E-state index contributed by atoms with van der Waals surface area (Å²) in [6.07, 6.45) is 5.04. The molecule has 20 heavy (non-hydrogen) atoms. The number of hydrogen-bond acceptors (Lipinski definition) is 2. The average molecular weight is 299 g/mol. The van der Waals surface area contributed by atoms with Gasteiger partial charge in [0.05, 0.1) is 0 Å². The van der Waals surface area contributed by atoms with E-state index >= 15 is 0 Å². The van der Waals surface area contributed by atoms with Crippen LogP contribution in [0.5, 0.6) is 0 Å². The van der Waals surface area contributed by atoms with Gasteiger partial charge in [-0.1, -0.05) is 17.7 Å². The fourth-order valence-corrected chi connectivity index (χ4v) is 3.61. The van der Waals surface area contributed by atoms with Crippen LogP contribution in [0.3, 0.4) is 0 Å². The van der Waals surface area contributed by atoms with Crippen LogP contribution in [0, 0.1) is 12.7 Å². The molecule has 0 saturated carbocycles. The molecule has 1 aromatic rings. The first-order valence-electron chi connectivity index (χ1n) is 7.33. The minimum absolute atomic E-state index is 0. The van der Waals surface area contributed by atoms with Crippen LogP contribution in [0.4, 0.5) is 4.39 Å². The van der Waals surface area contributed by atoms with Crippen LogP contribution in [0.1, 0.15) is 36.8 Å². The van der Waals surface area contributed by atoms with E-state index in [2.05, 4.69) is 17.3 Å². The first-order chi connectivity index (χ1) is 9.11. The van der Waals surface area contributed by atoms with Gasteiger partial charge < -0.3 is 5.32 Å². The summed E-state index contributed by atoms with van der Waals surface area (Å²) < 4.78 is 13.8. The molecule has 2 unspecified atom stereocenters. The van der Waals surface area contributed by atoms with Gasteiger partial charge in [0.1, 0.15) is 5.82 Å². The van der Waals surface area contributed by atoms with Crippen molar-refractivity contribution in [2.45, 2.75) is 57.3 Å². The van der Waals surface area contributed by atoms with E-state index in [1.807, 2.05) is 19.1 Å². The molecule has 2 nitrogen and oxygen atoms in total. The lowest BCUT2D eigenvalue weighted by molar-refractivity contribution is 0.164. The first-order valence-corrected chi connectivity index (χ1v) is 7.33. The molecule has 0 radical (unpaired) electrons. The van der Waals surface area contributed by atoms with E-state index in [4.69, 9.17) is 0 Å². The topological polar surface area (TPSA) is 15.3 Å². The molecule has 2 aliphatic rings. The number of nitrogens with zero attached hydrogens (tertiary/aromatic N) is 1. The van der Waals surface area contributed by atoms with Gasteiger partial charge in [-0.2, -0.15) is 0 Å². The normalized spacial score (nSPS) is 28.5. The lowest BCUT2D eigenvalue weighted by atomic mass is 9.98. The zero-order valence-corrected chi connectivity index (χ0v) is 13.0. The SMILES string of the molecule is Cc1ccc(F)c(CN(C)C2CC3CCC(C2)N3)c1.Cl. The summed E-state index contributed by atoms with van der Waals surface area (Å²) in [4.78, 5) is 2.34. The fraction of sp³-hybridized carbons (Fsp3) is 0.625. The second kappa shape index (κ2) is 6.42. The van der Waals surface area contributed by atoms with E-state index in [0.29, 0.717) is 18.1 Å². The van der Waals surface area contributed by atoms with E-state index in [0.717, 1.165) is 17.7 Å². The van der Waals surface area contributed by atoms with E-state index in [-0.39, 0.29) is 18.2 Å². The fourth-order valence-electron chi connectivity index (χ4n) is 3.61. The highest BCUT2D eigenvalue weighted by Crippen LogP contribution is 2.30. The zero-order valence-electron chi connectivity index (χ0n) is 12.2. The summed E-state index contributed by atoms with van der Waals surface area (Å²) in [5, 5.41) is 3.66. The van der Waals surface area contributed by atoms with Crippen LogP contribution in [0.15, 0.2) is 18.2 Å². The number of nitrogens with one attached hydrogen (secondary N) is 1. The largest absolute Gasteiger partial charge is 0.311 e. The van der Waals surface area contributed by atoms with Crippen LogP contribution in [0.25, 0.3) is 0 Å². The van der Waals surface area contributed by atoms with E-state index < -0.39 is 0 Å². The third-order valence-corrected chi connectivity index (χ3v) is 4.69. The highest BCUT2D eigenvalue weighted by molar-refractivity contribution is 5.85. The van der Waals surface area contributed by atoms with Gasteiger partial charge in [-0.05, 0) is 45.7 Å². The van der Waals surface area contributed by atoms with Crippen LogP contribution >= 0.6 is 12.4 Å². The maximum Gasteiger partial charge on any atom is 0.127 e. The van der Waals surface area contributed by atoms with Gasteiger partial charge in [0.25, 0.3) is 0 Å². The molecule has 2 bridgehead atoms. The smallest absolute Gasteiger partial charge is 0.127 e. The maximum absolute atomic E-state index is 13.8. The Morgan fingerprint density at radius 3 is 2.55 bits per heavy atom. The second-order valence-electron chi connectivity index (χ2n) is 6.27. The average Bonchev–Trinajstić information content (AvgIpc) is 2.72. The van der Waals surface area contributed by atoms with Crippen molar-refractivity contribution in [3.63, 3.8) is 0 Å². The molecule has 2 heterocycles. The van der Waals surface area contributed by atoms with Gasteiger partial charge in [-0.25, -0.2) is 4.39 Å².